The summed E-state index contributed by atoms with van der Waals surface area (Å²) in [6, 6.07) is 11.5. The Balaban J connectivity index is 1.78. The quantitative estimate of drug-likeness (QED) is 0.851. The van der Waals surface area contributed by atoms with Gasteiger partial charge in [-0.3, -0.25) is 14.6 Å². The second-order valence-electron chi connectivity index (χ2n) is 6.72. The van der Waals surface area contributed by atoms with Crippen LogP contribution in [-0.4, -0.2) is 41.9 Å². The number of hydrogen-bond acceptors (Lipinski definition) is 4. The Hall–Kier alpha value is -2.89. The summed E-state index contributed by atoms with van der Waals surface area (Å²) in [5.74, 6) is 0.444. The number of likely N-dealkylation sites (tertiary alicyclic amines) is 1. The van der Waals surface area contributed by atoms with Crippen LogP contribution in [0.3, 0.4) is 0 Å². The maximum Gasteiger partial charge on any atom is 0.225 e. The van der Waals surface area contributed by atoms with Gasteiger partial charge in [-0.1, -0.05) is 25.1 Å². The van der Waals surface area contributed by atoms with Gasteiger partial charge in [0.25, 0.3) is 0 Å². The van der Waals surface area contributed by atoms with Crippen molar-refractivity contribution >= 4 is 11.8 Å². The predicted octanol–water partition coefficient (Wildman–Crippen LogP) is 2.36. The molecule has 2 heterocycles. The molecule has 1 aliphatic rings. The largest absolute Gasteiger partial charge is 0.497 e. The van der Waals surface area contributed by atoms with Crippen molar-refractivity contribution in [1.29, 1.82) is 0 Å². The van der Waals surface area contributed by atoms with Crippen LogP contribution >= 0.6 is 0 Å². The molecule has 0 radical (unpaired) electrons. The molecule has 0 spiro atoms. The standard InChI is InChI=1S/C21H25N3O3/c1-3-20(25)24-13-18(16-7-4-8-17(10-16)27-2)19(14-24)21(26)23-12-15-6-5-9-22-11-15/h4-11,18-19H,3,12-14H2,1-2H3,(H,23,26)/t18-,19-/m1/s1. The van der Waals surface area contributed by atoms with Crippen molar-refractivity contribution in [2.45, 2.75) is 25.8 Å². The van der Waals surface area contributed by atoms with Crippen LogP contribution in [0.1, 0.15) is 30.4 Å². The lowest BCUT2D eigenvalue weighted by Gasteiger charge is -2.18. The number of nitrogens with one attached hydrogen (secondary N) is 1. The summed E-state index contributed by atoms with van der Waals surface area (Å²) in [5, 5.41) is 3.00. The van der Waals surface area contributed by atoms with E-state index < -0.39 is 0 Å². The maximum atomic E-state index is 12.9. The molecule has 1 saturated heterocycles. The van der Waals surface area contributed by atoms with Crippen molar-refractivity contribution in [3.63, 3.8) is 0 Å². The van der Waals surface area contributed by atoms with Gasteiger partial charge in [0.05, 0.1) is 13.0 Å². The monoisotopic (exact) mass is 367 g/mol. The highest BCUT2D eigenvalue weighted by Gasteiger charge is 2.39. The van der Waals surface area contributed by atoms with E-state index in [1.165, 1.54) is 0 Å². The molecule has 1 aliphatic heterocycles. The van der Waals surface area contributed by atoms with Gasteiger partial charge in [0.15, 0.2) is 0 Å². The molecular formula is C21H25N3O3. The fourth-order valence-corrected chi connectivity index (χ4v) is 3.53. The summed E-state index contributed by atoms with van der Waals surface area (Å²) in [5.41, 5.74) is 1.96. The molecule has 0 unspecified atom stereocenters. The first kappa shape index (κ1) is 18.9. The number of ether oxygens (including phenoxy) is 1. The predicted molar refractivity (Wildman–Crippen MR) is 102 cm³/mol. The highest BCUT2D eigenvalue weighted by atomic mass is 16.5. The molecule has 0 saturated carbocycles. The molecular weight excluding hydrogens is 342 g/mol. The summed E-state index contributed by atoms with van der Waals surface area (Å²) in [6.07, 6.45) is 3.88. The van der Waals surface area contributed by atoms with E-state index in [0.717, 1.165) is 16.9 Å². The van der Waals surface area contributed by atoms with Gasteiger partial charge in [-0.15, -0.1) is 0 Å². The van der Waals surface area contributed by atoms with Crippen molar-refractivity contribution in [2.24, 2.45) is 5.92 Å². The Morgan fingerprint density at radius 1 is 1.26 bits per heavy atom. The Morgan fingerprint density at radius 3 is 2.81 bits per heavy atom. The van der Waals surface area contributed by atoms with Crippen molar-refractivity contribution in [2.75, 3.05) is 20.2 Å². The van der Waals surface area contributed by atoms with Crippen LogP contribution in [0.15, 0.2) is 48.8 Å². The van der Waals surface area contributed by atoms with Gasteiger partial charge in [-0.25, -0.2) is 0 Å². The number of nitrogens with zero attached hydrogens (tertiary/aromatic N) is 2. The second kappa shape index (κ2) is 8.66. The Morgan fingerprint density at radius 2 is 2.11 bits per heavy atom. The molecule has 27 heavy (non-hydrogen) atoms. The first-order valence-corrected chi connectivity index (χ1v) is 9.20. The number of rotatable bonds is 6. The number of aromatic nitrogens is 1. The normalized spacial score (nSPS) is 19.0. The van der Waals surface area contributed by atoms with Crippen LogP contribution in [0.4, 0.5) is 0 Å². The van der Waals surface area contributed by atoms with Gasteiger partial charge >= 0.3 is 0 Å². The van der Waals surface area contributed by atoms with Crippen LogP contribution in [0.2, 0.25) is 0 Å². The molecule has 6 heteroatoms. The van der Waals surface area contributed by atoms with Gasteiger partial charge in [0, 0.05) is 44.4 Å². The number of benzene rings is 1. The molecule has 0 bridgehead atoms. The third-order valence-electron chi connectivity index (χ3n) is 5.02. The molecule has 6 nitrogen and oxygen atoms in total. The number of hydrogen-bond donors (Lipinski definition) is 1. The zero-order valence-corrected chi connectivity index (χ0v) is 15.7. The lowest BCUT2D eigenvalue weighted by molar-refractivity contribution is -0.130. The zero-order valence-electron chi connectivity index (χ0n) is 15.7. The topological polar surface area (TPSA) is 71.5 Å². The van der Waals surface area contributed by atoms with Gasteiger partial charge in [0.2, 0.25) is 11.8 Å². The second-order valence-corrected chi connectivity index (χ2v) is 6.72. The molecule has 1 fully saturated rings. The van der Waals surface area contributed by atoms with Crippen LogP contribution in [0.25, 0.3) is 0 Å². The van der Waals surface area contributed by atoms with Crippen molar-refractivity contribution in [3.8, 4) is 5.75 Å². The molecule has 0 aliphatic carbocycles. The molecule has 142 valence electrons. The van der Waals surface area contributed by atoms with Crippen LogP contribution in [-0.2, 0) is 16.1 Å². The summed E-state index contributed by atoms with van der Waals surface area (Å²) in [6.45, 7) is 3.26. The Labute approximate surface area is 159 Å². The Kier molecular flexibility index (Phi) is 6.06. The van der Waals surface area contributed by atoms with Crippen molar-refractivity contribution < 1.29 is 14.3 Å². The van der Waals surface area contributed by atoms with Crippen molar-refractivity contribution in [3.05, 3.63) is 59.9 Å². The van der Waals surface area contributed by atoms with Crippen LogP contribution in [0, 0.1) is 5.92 Å². The minimum Gasteiger partial charge on any atom is -0.497 e. The minimum absolute atomic E-state index is 0.0434. The van der Waals surface area contributed by atoms with E-state index in [2.05, 4.69) is 10.3 Å². The van der Waals surface area contributed by atoms with E-state index in [1.807, 2.05) is 43.3 Å². The fraction of sp³-hybridized carbons (Fsp3) is 0.381. The fourth-order valence-electron chi connectivity index (χ4n) is 3.53. The first-order valence-electron chi connectivity index (χ1n) is 9.20. The summed E-state index contributed by atoms with van der Waals surface area (Å²) < 4.78 is 5.32. The van der Waals surface area contributed by atoms with E-state index in [9.17, 15) is 9.59 Å². The average Bonchev–Trinajstić information content (AvgIpc) is 3.18. The smallest absolute Gasteiger partial charge is 0.225 e. The third kappa shape index (κ3) is 4.45. The number of carbonyl (C=O) groups is 2. The minimum atomic E-state index is -0.288. The van der Waals surface area contributed by atoms with Crippen LogP contribution < -0.4 is 10.1 Å². The Bertz CT molecular complexity index is 794. The van der Waals surface area contributed by atoms with Crippen molar-refractivity contribution in [1.82, 2.24) is 15.2 Å². The molecule has 2 amide bonds. The van der Waals surface area contributed by atoms with Gasteiger partial charge in [-0.05, 0) is 29.3 Å². The lowest BCUT2D eigenvalue weighted by atomic mass is 9.88. The summed E-state index contributed by atoms with van der Waals surface area (Å²) in [4.78, 5) is 31.0. The third-order valence-corrected chi connectivity index (χ3v) is 5.02. The van der Waals surface area contributed by atoms with Gasteiger partial charge in [0.1, 0.15) is 5.75 Å². The van der Waals surface area contributed by atoms with E-state index >= 15 is 0 Å². The summed E-state index contributed by atoms with van der Waals surface area (Å²) in [7, 11) is 1.62. The highest BCUT2D eigenvalue weighted by Crippen LogP contribution is 2.34. The number of methoxy groups -OCH3 is 1. The lowest BCUT2D eigenvalue weighted by Crippen LogP contribution is -2.35. The maximum absolute atomic E-state index is 12.9. The number of amides is 2. The number of carbonyl (C=O) groups excluding carboxylic acids is 2. The van der Waals surface area contributed by atoms with E-state index in [-0.39, 0.29) is 23.7 Å². The molecule has 2 atom stereocenters. The van der Waals surface area contributed by atoms with E-state index in [1.54, 1.807) is 24.4 Å². The van der Waals surface area contributed by atoms with E-state index in [4.69, 9.17) is 4.74 Å². The average molecular weight is 367 g/mol. The van der Waals surface area contributed by atoms with E-state index in [0.29, 0.717) is 26.1 Å². The molecule has 1 N–H and O–H groups in total. The molecule has 1 aromatic heterocycles. The SMILES string of the molecule is CCC(=O)N1C[C@H](c2cccc(OC)c2)[C@H](C(=O)NCc2cccnc2)C1. The van der Waals surface area contributed by atoms with Crippen LogP contribution in [0.5, 0.6) is 5.75 Å². The first-order chi connectivity index (χ1) is 13.1. The zero-order chi connectivity index (χ0) is 19.2. The molecule has 2 aromatic rings. The molecule has 3 rings (SSSR count). The number of pyridine rings is 1. The van der Waals surface area contributed by atoms with Gasteiger partial charge < -0.3 is 15.0 Å². The summed E-state index contributed by atoms with van der Waals surface area (Å²) >= 11 is 0. The molecule has 1 aromatic carbocycles. The highest BCUT2D eigenvalue weighted by molar-refractivity contribution is 5.83. The van der Waals surface area contributed by atoms with Gasteiger partial charge in [-0.2, -0.15) is 0 Å².